The minimum atomic E-state index is 0.605. The summed E-state index contributed by atoms with van der Waals surface area (Å²) in [5.74, 6) is 1.28. The van der Waals surface area contributed by atoms with E-state index in [0.717, 1.165) is 68.8 Å². The summed E-state index contributed by atoms with van der Waals surface area (Å²) in [7, 11) is 0. The van der Waals surface area contributed by atoms with Crippen LogP contribution in [0.15, 0.2) is 22.7 Å². The Bertz CT molecular complexity index is 837. The average Bonchev–Trinajstić information content (AvgIpc) is 3.28. The van der Waals surface area contributed by atoms with Crippen LogP contribution in [-0.2, 0) is 17.7 Å². The second-order valence-electron chi connectivity index (χ2n) is 6.23. The van der Waals surface area contributed by atoms with Gasteiger partial charge in [-0.2, -0.15) is 4.98 Å². The van der Waals surface area contributed by atoms with Crippen LogP contribution in [-0.4, -0.2) is 62.9 Å². The van der Waals surface area contributed by atoms with Crippen LogP contribution in [0.2, 0.25) is 0 Å². The van der Waals surface area contributed by atoms with Gasteiger partial charge in [0.15, 0.2) is 0 Å². The molecular weight excluding hydrogens is 320 g/mol. The lowest BCUT2D eigenvalue weighted by atomic mass is 10.2. The van der Waals surface area contributed by atoms with E-state index in [4.69, 9.17) is 9.26 Å². The maximum atomic E-state index is 5.38. The van der Waals surface area contributed by atoms with Crippen molar-refractivity contribution in [2.75, 3.05) is 32.8 Å². The van der Waals surface area contributed by atoms with Crippen molar-refractivity contribution in [1.82, 2.24) is 30.0 Å². The lowest BCUT2D eigenvalue weighted by Gasteiger charge is -2.26. The van der Waals surface area contributed by atoms with Crippen LogP contribution in [0.5, 0.6) is 0 Å². The minimum Gasteiger partial charge on any atom is -0.379 e. The van der Waals surface area contributed by atoms with Gasteiger partial charge >= 0.3 is 0 Å². The number of hydrogen-bond acceptors (Lipinski definition) is 7. The van der Waals surface area contributed by atoms with Gasteiger partial charge in [0.05, 0.1) is 25.3 Å². The molecule has 0 unspecified atom stereocenters. The van der Waals surface area contributed by atoms with E-state index in [-0.39, 0.29) is 0 Å². The third-order valence-electron chi connectivity index (χ3n) is 4.44. The van der Waals surface area contributed by atoms with Gasteiger partial charge in [0.2, 0.25) is 11.7 Å². The molecule has 0 saturated carbocycles. The van der Waals surface area contributed by atoms with E-state index in [1.807, 2.05) is 22.9 Å². The van der Waals surface area contributed by atoms with Gasteiger partial charge in [-0.3, -0.25) is 4.90 Å². The Morgan fingerprint density at radius 3 is 2.88 bits per heavy atom. The number of nitrogens with zero attached hydrogens (tertiary/aromatic N) is 6. The third-order valence-corrected chi connectivity index (χ3v) is 4.44. The Kier molecular flexibility index (Phi) is 4.71. The summed E-state index contributed by atoms with van der Waals surface area (Å²) in [5.41, 5.74) is 2.77. The number of benzene rings is 1. The van der Waals surface area contributed by atoms with Crippen molar-refractivity contribution in [1.29, 1.82) is 0 Å². The molecule has 0 amide bonds. The molecule has 1 aliphatic rings. The Hall–Kier alpha value is -2.32. The number of hydrogen-bond donors (Lipinski definition) is 0. The predicted octanol–water partition coefficient (Wildman–Crippen LogP) is 1.77. The monoisotopic (exact) mass is 342 g/mol. The molecule has 0 N–H and O–H groups in total. The summed E-state index contributed by atoms with van der Waals surface area (Å²) in [6.45, 7) is 7.44. The first-order chi connectivity index (χ1) is 12.3. The van der Waals surface area contributed by atoms with Crippen molar-refractivity contribution in [2.24, 2.45) is 0 Å². The quantitative estimate of drug-likeness (QED) is 0.675. The summed E-state index contributed by atoms with van der Waals surface area (Å²) < 4.78 is 12.6. The van der Waals surface area contributed by atoms with Gasteiger partial charge in [0.25, 0.3) is 0 Å². The summed E-state index contributed by atoms with van der Waals surface area (Å²) in [6.07, 6.45) is 1.78. The summed E-state index contributed by atoms with van der Waals surface area (Å²) >= 11 is 0. The van der Waals surface area contributed by atoms with Gasteiger partial charge in [0.1, 0.15) is 5.52 Å². The predicted molar refractivity (Wildman–Crippen MR) is 92.1 cm³/mol. The molecule has 4 rings (SSSR count). The SMILES string of the molecule is CCCc1nc(-c2ccc3c(c2)nnn3CCN2CCOCC2)no1. The van der Waals surface area contributed by atoms with Crippen molar-refractivity contribution in [2.45, 2.75) is 26.3 Å². The number of morpholine rings is 1. The molecule has 25 heavy (non-hydrogen) atoms. The highest BCUT2D eigenvalue weighted by Crippen LogP contribution is 2.21. The number of fused-ring (bicyclic) bond motifs is 1. The first kappa shape index (κ1) is 16.2. The molecule has 0 bridgehead atoms. The highest BCUT2D eigenvalue weighted by atomic mass is 16.5. The standard InChI is InChI=1S/C17H22N6O2/c1-2-3-16-18-17(20-25-16)13-4-5-15-14(12-13)19-21-23(15)7-6-22-8-10-24-11-9-22/h4-5,12H,2-3,6-11H2,1H3. The smallest absolute Gasteiger partial charge is 0.226 e. The van der Waals surface area contributed by atoms with E-state index in [1.54, 1.807) is 0 Å². The topological polar surface area (TPSA) is 82.1 Å². The fourth-order valence-corrected chi connectivity index (χ4v) is 3.02. The molecule has 1 aliphatic heterocycles. The Morgan fingerprint density at radius 2 is 2.04 bits per heavy atom. The molecule has 0 atom stereocenters. The van der Waals surface area contributed by atoms with E-state index < -0.39 is 0 Å². The molecule has 3 heterocycles. The van der Waals surface area contributed by atoms with Crippen LogP contribution >= 0.6 is 0 Å². The first-order valence-corrected chi connectivity index (χ1v) is 8.80. The second-order valence-corrected chi connectivity index (χ2v) is 6.23. The van der Waals surface area contributed by atoms with Crippen LogP contribution in [0.1, 0.15) is 19.2 Å². The second kappa shape index (κ2) is 7.28. The fourth-order valence-electron chi connectivity index (χ4n) is 3.02. The first-order valence-electron chi connectivity index (χ1n) is 8.80. The fraction of sp³-hybridized carbons (Fsp3) is 0.529. The molecule has 3 aromatic rings. The molecule has 0 aliphatic carbocycles. The molecule has 1 fully saturated rings. The van der Waals surface area contributed by atoms with Crippen LogP contribution in [0, 0.1) is 0 Å². The van der Waals surface area contributed by atoms with Gasteiger partial charge in [-0.15, -0.1) is 5.10 Å². The van der Waals surface area contributed by atoms with Gasteiger partial charge in [-0.25, -0.2) is 4.68 Å². The van der Waals surface area contributed by atoms with Gasteiger partial charge in [0, 0.05) is 31.6 Å². The van der Waals surface area contributed by atoms with Crippen molar-refractivity contribution in [3.63, 3.8) is 0 Å². The van der Waals surface area contributed by atoms with Crippen LogP contribution in [0.25, 0.3) is 22.4 Å². The lowest BCUT2D eigenvalue weighted by Crippen LogP contribution is -2.38. The third kappa shape index (κ3) is 3.54. The average molecular weight is 342 g/mol. The molecule has 132 valence electrons. The zero-order valence-corrected chi connectivity index (χ0v) is 14.4. The van der Waals surface area contributed by atoms with Crippen molar-refractivity contribution in [3.05, 3.63) is 24.1 Å². The molecule has 0 radical (unpaired) electrons. The van der Waals surface area contributed by atoms with Crippen molar-refractivity contribution >= 4 is 11.0 Å². The van der Waals surface area contributed by atoms with Gasteiger partial charge in [-0.1, -0.05) is 17.3 Å². The summed E-state index contributed by atoms with van der Waals surface area (Å²) in [4.78, 5) is 6.82. The Balaban J connectivity index is 1.49. The zero-order valence-electron chi connectivity index (χ0n) is 14.4. The zero-order chi connectivity index (χ0) is 17.1. The normalized spacial score (nSPS) is 15.9. The highest BCUT2D eigenvalue weighted by molar-refractivity contribution is 5.79. The maximum absolute atomic E-state index is 5.38. The van der Waals surface area contributed by atoms with Crippen LogP contribution in [0.4, 0.5) is 0 Å². The van der Waals surface area contributed by atoms with Crippen LogP contribution in [0.3, 0.4) is 0 Å². The number of ether oxygens (including phenoxy) is 1. The van der Waals surface area contributed by atoms with Crippen molar-refractivity contribution < 1.29 is 9.26 Å². The van der Waals surface area contributed by atoms with E-state index in [2.05, 4.69) is 32.3 Å². The summed E-state index contributed by atoms with van der Waals surface area (Å²) in [6, 6.07) is 5.99. The van der Waals surface area contributed by atoms with Crippen LogP contribution < -0.4 is 0 Å². The molecule has 8 nitrogen and oxygen atoms in total. The number of aryl methyl sites for hydroxylation is 1. The maximum Gasteiger partial charge on any atom is 0.226 e. The molecule has 2 aromatic heterocycles. The molecule has 1 saturated heterocycles. The molecule has 8 heteroatoms. The largest absolute Gasteiger partial charge is 0.379 e. The van der Waals surface area contributed by atoms with E-state index >= 15 is 0 Å². The Labute approximate surface area is 145 Å². The summed E-state index contributed by atoms with van der Waals surface area (Å²) in [5, 5.41) is 12.6. The minimum absolute atomic E-state index is 0.605. The van der Waals surface area contributed by atoms with Crippen molar-refractivity contribution in [3.8, 4) is 11.4 Å². The Morgan fingerprint density at radius 1 is 1.16 bits per heavy atom. The number of aromatic nitrogens is 5. The molecule has 0 spiro atoms. The van der Waals surface area contributed by atoms with E-state index in [9.17, 15) is 0 Å². The van der Waals surface area contributed by atoms with Gasteiger partial charge < -0.3 is 9.26 Å². The lowest BCUT2D eigenvalue weighted by molar-refractivity contribution is 0.0360. The molecular formula is C17H22N6O2. The van der Waals surface area contributed by atoms with E-state index in [1.165, 1.54) is 0 Å². The highest BCUT2D eigenvalue weighted by Gasteiger charge is 2.13. The molecule has 1 aromatic carbocycles. The van der Waals surface area contributed by atoms with Gasteiger partial charge in [-0.05, 0) is 24.6 Å². The van der Waals surface area contributed by atoms with E-state index in [0.29, 0.717) is 11.7 Å². The number of rotatable bonds is 6.